The van der Waals surface area contributed by atoms with Gasteiger partial charge in [-0.2, -0.15) is 26.6 Å². The van der Waals surface area contributed by atoms with Crippen molar-refractivity contribution in [2.45, 2.75) is 31.9 Å². The SMILES string of the molecule is CC(C)(C)OC(=O)N1CCN(c2nccc(OS(=O)(=O)C(F)(F)F)n2)CC1. The van der Waals surface area contributed by atoms with E-state index < -0.39 is 33.2 Å². The molecule has 1 aromatic rings. The lowest BCUT2D eigenvalue weighted by Crippen LogP contribution is -2.50. The Morgan fingerprint density at radius 3 is 2.26 bits per heavy atom. The number of amides is 1. The molecule has 1 saturated heterocycles. The third-order valence-corrected chi connectivity index (χ3v) is 4.27. The van der Waals surface area contributed by atoms with Crippen molar-refractivity contribution >= 4 is 22.2 Å². The van der Waals surface area contributed by atoms with Crippen LogP contribution in [0.1, 0.15) is 20.8 Å². The number of piperazine rings is 1. The van der Waals surface area contributed by atoms with E-state index in [1.54, 1.807) is 25.7 Å². The highest BCUT2D eigenvalue weighted by atomic mass is 32.2. The summed E-state index contributed by atoms with van der Waals surface area (Å²) in [6.45, 7) is 6.37. The highest BCUT2D eigenvalue weighted by molar-refractivity contribution is 7.87. The van der Waals surface area contributed by atoms with Gasteiger partial charge in [0.1, 0.15) is 5.60 Å². The summed E-state index contributed by atoms with van der Waals surface area (Å²) in [5, 5.41) is 0. The molecular weight excluding hydrogens is 393 g/mol. The molecule has 2 heterocycles. The molecule has 0 atom stereocenters. The van der Waals surface area contributed by atoms with Gasteiger partial charge in [-0.25, -0.2) is 9.78 Å². The van der Waals surface area contributed by atoms with Crippen molar-refractivity contribution in [3.8, 4) is 5.88 Å². The maximum absolute atomic E-state index is 12.4. The third kappa shape index (κ3) is 5.58. The lowest BCUT2D eigenvalue weighted by Gasteiger charge is -2.35. The Labute approximate surface area is 154 Å². The van der Waals surface area contributed by atoms with Crippen LogP contribution in [0, 0.1) is 0 Å². The van der Waals surface area contributed by atoms with E-state index in [0.717, 1.165) is 12.3 Å². The summed E-state index contributed by atoms with van der Waals surface area (Å²) < 4.78 is 68.6. The Morgan fingerprint density at radius 1 is 1.15 bits per heavy atom. The van der Waals surface area contributed by atoms with Gasteiger partial charge in [0, 0.05) is 38.4 Å². The second-order valence-electron chi connectivity index (χ2n) is 6.63. The minimum absolute atomic E-state index is 0.00582. The van der Waals surface area contributed by atoms with Gasteiger partial charge in [0.2, 0.25) is 11.8 Å². The molecule has 0 radical (unpaired) electrons. The zero-order valence-electron chi connectivity index (χ0n) is 14.9. The molecule has 2 rings (SSSR count). The first-order valence-electron chi connectivity index (χ1n) is 7.85. The van der Waals surface area contributed by atoms with Crippen LogP contribution in [0.4, 0.5) is 23.9 Å². The number of alkyl halides is 3. The summed E-state index contributed by atoms with van der Waals surface area (Å²) in [4.78, 5) is 22.7. The zero-order valence-corrected chi connectivity index (χ0v) is 15.7. The van der Waals surface area contributed by atoms with Gasteiger partial charge in [0.25, 0.3) is 0 Å². The second-order valence-corrected chi connectivity index (χ2v) is 8.17. The lowest BCUT2D eigenvalue weighted by molar-refractivity contribution is -0.0501. The normalized spacial score (nSPS) is 16.2. The van der Waals surface area contributed by atoms with Gasteiger partial charge in [-0.15, -0.1) is 0 Å². The molecule has 1 amide bonds. The fourth-order valence-electron chi connectivity index (χ4n) is 2.11. The Balaban J connectivity index is 2.02. The number of aromatic nitrogens is 2. The molecule has 0 unspecified atom stereocenters. The number of nitrogens with zero attached hydrogens (tertiary/aromatic N) is 4. The Kier molecular flexibility index (Phi) is 5.73. The summed E-state index contributed by atoms with van der Waals surface area (Å²) in [7, 11) is -5.81. The molecule has 13 heteroatoms. The van der Waals surface area contributed by atoms with E-state index in [2.05, 4.69) is 14.2 Å². The van der Waals surface area contributed by atoms with Gasteiger partial charge in [-0.05, 0) is 20.8 Å². The number of carbonyl (C=O) groups is 1. The van der Waals surface area contributed by atoms with Crippen LogP contribution in [0.5, 0.6) is 5.88 Å². The summed E-state index contributed by atoms with van der Waals surface area (Å²) >= 11 is 0. The molecule has 1 aliphatic rings. The molecule has 1 aliphatic heterocycles. The maximum atomic E-state index is 12.4. The van der Waals surface area contributed by atoms with E-state index in [9.17, 15) is 26.4 Å². The fraction of sp³-hybridized carbons (Fsp3) is 0.643. The molecule has 9 nitrogen and oxygen atoms in total. The number of hydrogen-bond acceptors (Lipinski definition) is 8. The summed E-state index contributed by atoms with van der Waals surface area (Å²) in [5.41, 5.74) is -6.19. The number of hydrogen-bond donors (Lipinski definition) is 0. The smallest absolute Gasteiger partial charge is 0.444 e. The quantitative estimate of drug-likeness (QED) is 0.547. The van der Waals surface area contributed by atoms with Gasteiger partial charge >= 0.3 is 21.7 Å². The molecule has 27 heavy (non-hydrogen) atoms. The van der Waals surface area contributed by atoms with Crippen LogP contribution < -0.4 is 9.08 Å². The van der Waals surface area contributed by atoms with Crippen molar-refractivity contribution in [3.05, 3.63) is 12.3 Å². The molecule has 0 aliphatic carbocycles. The average molecular weight is 412 g/mol. The van der Waals surface area contributed by atoms with Gasteiger partial charge in [-0.3, -0.25) is 0 Å². The molecule has 1 aromatic heterocycles. The molecule has 0 bridgehead atoms. The van der Waals surface area contributed by atoms with E-state index in [-0.39, 0.29) is 32.1 Å². The molecule has 0 saturated carbocycles. The van der Waals surface area contributed by atoms with Crippen molar-refractivity contribution in [3.63, 3.8) is 0 Å². The van der Waals surface area contributed by atoms with Gasteiger partial charge < -0.3 is 18.7 Å². The summed E-state index contributed by atoms with van der Waals surface area (Å²) in [6, 6.07) is 0.906. The van der Waals surface area contributed by atoms with Crippen molar-refractivity contribution < 1.29 is 35.3 Å². The monoisotopic (exact) mass is 412 g/mol. The van der Waals surface area contributed by atoms with E-state index in [1.165, 1.54) is 4.90 Å². The van der Waals surface area contributed by atoms with Gasteiger partial charge in [0.05, 0.1) is 0 Å². The van der Waals surface area contributed by atoms with Crippen LogP contribution in [0.25, 0.3) is 0 Å². The van der Waals surface area contributed by atoms with Crippen LogP contribution in [-0.4, -0.2) is 66.7 Å². The lowest BCUT2D eigenvalue weighted by atomic mass is 10.2. The first-order chi connectivity index (χ1) is 12.3. The first-order valence-corrected chi connectivity index (χ1v) is 9.26. The molecule has 0 aromatic carbocycles. The van der Waals surface area contributed by atoms with Crippen molar-refractivity contribution in [1.29, 1.82) is 0 Å². The van der Waals surface area contributed by atoms with E-state index in [0.29, 0.717) is 0 Å². The van der Waals surface area contributed by atoms with Crippen LogP contribution in [0.2, 0.25) is 0 Å². The largest absolute Gasteiger partial charge is 0.534 e. The minimum atomic E-state index is -5.81. The fourth-order valence-corrected chi connectivity index (χ4v) is 2.52. The number of carbonyl (C=O) groups excluding carboxylic acids is 1. The van der Waals surface area contributed by atoms with Gasteiger partial charge in [0.15, 0.2) is 0 Å². The second kappa shape index (κ2) is 7.37. The molecule has 0 N–H and O–H groups in total. The minimum Gasteiger partial charge on any atom is -0.444 e. The summed E-state index contributed by atoms with van der Waals surface area (Å²) in [6.07, 6.45) is 0.612. The number of ether oxygens (including phenoxy) is 1. The number of halogens is 3. The van der Waals surface area contributed by atoms with Crippen LogP contribution in [0.3, 0.4) is 0 Å². The maximum Gasteiger partial charge on any atom is 0.534 e. The number of anilines is 1. The Morgan fingerprint density at radius 2 is 1.74 bits per heavy atom. The van der Waals surface area contributed by atoms with Crippen molar-refractivity contribution in [2.24, 2.45) is 0 Å². The van der Waals surface area contributed by atoms with Crippen LogP contribution in [-0.2, 0) is 14.9 Å². The average Bonchev–Trinajstić information content (AvgIpc) is 2.52. The van der Waals surface area contributed by atoms with Crippen molar-refractivity contribution in [2.75, 3.05) is 31.1 Å². The molecule has 0 spiro atoms. The Hall–Kier alpha value is -2.31. The van der Waals surface area contributed by atoms with E-state index in [1.807, 2.05) is 0 Å². The van der Waals surface area contributed by atoms with Crippen LogP contribution >= 0.6 is 0 Å². The van der Waals surface area contributed by atoms with Gasteiger partial charge in [-0.1, -0.05) is 0 Å². The highest BCUT2D eigenvalue weighted by Crippen LogP contribution is 2.26. The highest BCUT2D eigenvalue weighted by Gasteiger charge is 2.49. The van der Waals surface area contributed by atoms with Crippen LogP contribution in [0.15, 0.2) is 12.3 Å². The number of rotatable bonds is 3. The molecular formula is C14H19F3N4O5S. The zero-order chi connectivity index (χ0) is 20.5. The predicted molar refractivity (Wildman–Crippen MR) is 87.7 cm³/mol. The summed E-state index contributed by atoms with van der Waals surface area (Å²) in [5.74, 6) is -0.749. The molecule has 1 fully saturated rings. The van der Waals surface area contributed by atoms with Crippen molar-refractivity contribution in [1.82, 2.24) is 14.9 Å². The predicted octanol–water partition coefficient (Wildman–Crippen LogP) is 1.76. The third-order valence-electron chi connectivity index (χ3n) is 3.31. The molecule has 152 valence electrons. The standard InChI is InChI=1S/C14H19F3N4O5S/c1-13(2,3)25-12(22)21-8-6-20(7-9-21)11-18-5-4-10(19-11)26-27(23,24)14(15,16)17/h4-5H,6-9H2,1-3H3. The topological polar surface area (TPSA) is 102 Å². The first kappa shape index (κ1) is 21.0. The van der Waals surface area contributed by atoms with E-state index in [4.69, 9.17) is 4.74 Å². The Bertz CT molecular complexity index is 787. The van der Waals surface area contributed by atoms with E-state index >= 15 is 0 Å².